The molecule has 2 aromatic heterocycles. The quantitative estimate of drug-likeness (QED) is 0.301. The molecule has 15 nitrogen and oxygen atoms in total. The maximum Gasteiger partial charge on any atom is 0.425 e. The van der Waals surface area contributed by atoms with E-state index >= 15 is 0 Å². The van der Waals surface area contributed by atoms with Crippen LogP contribution < -0.4 is 5.14 Å². The first-order valence-corrected chi connectivity index (χ1v) is 12.3. The summed E-state index contributed by atoms with van der Waals surface area (Å²) in [5.74, 6) is -1.54. The Morgan fingerprint density at radius 1 is 1.14 bits per heavy atom. The predicted octanol–water partition coefficient (Wildman–Crippen LogP) is 0.681. The first kappa shape index (κ1) is 27.5. The van der Waals surface area contributed by atoms with Crippen LogP contribution in [0.4, 0.5) is 4.79 Å². The summed E-state index contributed by atoms with van der Waals surface area (Å²) < 4.78 is 48.0. The van der Waals surface area contributed by atoms with Gasteiger partial charge in [0.25, 0.3) is 0 Å². The van der Waals surface area contributed by atoms with Gasteiger partial charge in [0.2, 0.25) is 0 Å². The second-order valence-electron chi connectivity index (χ2n) is 8.76. The van der Waals surface area contributed by atoms with E-state index in [0.717, 1.165) is 13.8 Å². The van der Waals surface area contributed by atoms with Gasteiger partial charge in [0.05, 0.1) is 12.9 Å². The Labute approximate surface area is 211 Å². The molecule has 3 heterocycles. The van der Waals surface area contributed by atoms with Crippen molar-refractivity contribution in [3.63, 3.8) is 0 Å². The zero-order valence-corrected chi connectivity index (χ0v) is 21.5. The van der Waals surface area contributed by atoms with Crippen LogP contribution in [0.3, 0.4) is 0 Å². The topological polar surface area (TPSA) is 195 Å². The zero-order valence-electron chi connectivity index (χ0n) is 19.9. The number of aromatic nitrogens is 4. The summed E-state index contributed by atoms with van der Waals surface area (Å²) in [5, 5.41) is 5.30. The second kappa shape index (κ2) is 10.1. The van der Waals surface area contributed by atoms with Crippen molar-refractivity contribution in [2.45, 2.75) is 64.8 Å². The number of ether oxygens (including phenoxy) is 4. The van der Waals surface area contributed by atoms with Gasteiger partial charge >= 0.3 is 28.2 Å². The van der Waals surface area contributed by atoms with Crippen LogP contribution in [0.5, 0.6) is 0 Å². The van der Waals surface area contributed by atoms with Crippen molar-refractivity contribution in [2.75, 3.05) is 6.54 Å². The van der Waals surface area contributed by atoms with E-state index < -0.39 is 64.9 Å². The molecular weight excluding hydrogens is 524 g/mol. The maximum atomic E-state index is 12.7. The molecule has 0 radical (unpaired) electrons. The number of amides is 1. The Morgan fingerprint density at radius 3 is 2.31 bits per heavy atom. The van der Waals surface area contributed by atoms with Crippen molar-refractivity contribution in [1.82, 2.24) is 23.8 Å². The maximum absolute atomic E-state index is 12.7. The standard InChI is InChI=1S/C19H25ClN6O9S/c1-9(27)32-13-11(6-26(36(21,30)31)18(29)35-19(3,4)5)34-17(14(13)33-10(2)28)25-8-24-12-15(20)22-7-23-16(12)25/h7-8,11,13-14,17H,6H2,1-5H3,(H2,21,30,31)/t11-,13-,14?,17-/m1/s1. The molecule has 1 amide bonds. The second-order valence-corrected chi connectivity index (χ2v) is 10.6. The molecule has 198 valence electrons. The molecule has 3 rings (SSSR count). The lowest BCUT2D eigenvalue weighted by atomic mass is 10.1. The van der Waals surface area contributed by atoms with Crippen LogP contribution >= 0.6 is 11.6 Å². The Morgan fingerprint density at radius 2 is 1.75 bits per heavy atom. The Hall–Kier alpha value is -3.08. The van der Waals surface area contributed by atoms with E-state index in [2.05, 4.69) is 15.0 Å². The molecule has 0 aliphatic carbocycles. The van der Waals surface area contributed by atoms with Crippen LogP contribution in [0.2, 0.25) is 5.15 Å². The zero-order chi connectivity index (χ0) is 27.0. The minimum absolute atomic E-state index is 0.0409. The van der Waals surface area contributed by atoms with E-state index in [1.807, 2.05) is 0 Å². The molecule has 0 bridgehead atoms. The molecule has 2 N–H and O–H groups in total. The van der Waals surface area contributed by atoms with Crippen LogP contribution in [0, 0.1) is 0 Å². The summed E-state index contributed by atoms with van der Waals surface area (Å²) in [6, 6.07) is 0. The van der Waals surface area contributed by atoms with Gasteiger partial charge in [-0.15, -0.1) is 0 Å². The molecule has 1 saturated heterocycles. The number of nitrogens with two attached hydrogens (primary N) is 1. The van der Waals surface area contributed by atoms with E-state index in [4.69, 9.17) is 35.7 Å². The monoisotopic (exact) mass is 548 g/mol. The van der Waals surface area contributed by atoms with Crippen LogP contribution in [0.1, 0.15) is 40.8 Å². The van der Waals surface area contributed by atoms with Crippen molar-refractivity contribution in [2.24, 2.45) is 5.14 Å². The number of nitrogens with zero attached hydrogens (tertiary/aromatic N) is 5. The van der Waals surface area contributed by atoms with Gasteiger partial charge in [-0.1, -0.05) is 11.6 Å². The molecule has 36 heavy (non-hydrogen) atoms. The number of hydrogen-bond acceptors (Lipinski definition) is 12. The fourth-order valence-corrected chi connectivity index (χ4v) is 4.27. The summed E-state index contributed by atoms with van der Waals surface area (Å²) in [6.45, 7) is 6.08. The average molecular weight is 549 g/mol. The van der Waals surface area contributed by atoms with Crippen molar-refractivity contribution in [3.05, 3.63) is 17.8 Å². The van der Waals surface area contributed by atoms with Crippen molar-refractivity contribution >= 4 is 51.0 Å². The fourth-order valence-electron chi connectivity index (χ4n) is 3.50. The van der Waals surface area contributed by atoms with E-state index in [0.29, 0.717) is 0 Å². The lowest BCUT2D eigenvalue weighted by Crippen LogP contribution is -2.50. The number of carbonyl (C=O) groups excluding carboxylic acids is 3. The lowest BCUT2D eigenvalue weighted by molar-refractivity contribution is -0.165. The van der Waals surface area contributed by atoms with E-state index in [9.17, 15) is 22.8 Å². The van der Waals surface area contributed by atoms with Crippen LogP contribution in [-0.4, -0.2) is 80.7 Å². The molecule has 0 spiro atoms. The van der Waals surface area contributed by atoms with Gasteiger partial charge in [-0.2, -0.15) is 12.7 Å². The largest absolute Gasteiger partial charge is 0.456 e. The minimum Gasteiger partial charge on any atom is -0.456 e. The Bertz CT molecular complexity index is 1280. The normalized spacial score (nSPS) is 22.3. The Balaban J connectivity index is 2.06. The van der Waals surface area contributed by atoms with Crippen molar-refractivity contribution in [1.29, 1.82) is 0 Å². The highest BCUT2D eigenvalue weighted by Crippen LogP contribution is 2.36. The third kappa shape index (κ3) is 6.18. The summed E-state index contributed by atoms with van der Waals surface area (Å²) in [5.41, 5.74) is -0.657. The van der Waals surface area contributed by atoms with Gasteiger partial charge in [0.15, 0.2) is 29.2 Å². The SMILES string of the molecule is CC(=O)OC1[C@H](n2cnc3c(Cl)ncnc32)O[C@H](CN(C(=O)OC(C)(C)C)S(N)(=O)=O)[C@H]1OC(C)=O. The number of halogens is 1. The third-order valence-corrected chi connectivity index (χ3v) is 5.92. The fraction of sp³-hybridized carbons (Fsp3) is 0.579. The van der Waals surface area contributed by atoms with Crippen LogP contribution in [0.15, 0.2) is 12.7 Å². The summed E-state index contributed by atoms with van der Waals surface area (Å²) in [7, 11) is -4.65. The molecule has 2 aromatic rings. The lowest BCUT2D eigenvalue weighted by Gasteiger charge is -2.28. The van der Waals surface area contributed by atoms with Crippen LogP contribution in [-0.2, 0) is 38.7 Å². The number of rotatable bonds is 6. The Kier molecular flexibility index (Phi) is 7.73. The van der Waals surface area contributed by atoms with Crippen LogP contribution in [0.25, 0.3) is 11.2 Å². The molecule has 0 aromatic carbocycles. The van der Waals surface area contributed by atoms with E-state index in [1.165, 1.54) is 38.0 Å². The van der Waals surface area contributed by atoms with Crippen molar-refractivity contribution < 1.29 is 41.7 Å². The average Bonchev–Trinajstić information content (AvgIpc) is 3.26. The van der Waals surface area contributed by atoms with Gasteiger partial charge < -0.3 is 18.9 Å². The van der Waals surface area contributed by atoms with Crippen molar-refractivity contribution in [3.8, 4) is 0 Å². The highest BCUT2D eigenvalue weighted by atomic mass is 35.5. The van der Waals surface area contributed by atoms with Gasteiger partial charge in [-0.05, 0) is 20.8 Å². The predicted molar refractivity (Wildman–Crippen MR) is 121 cm³/mol. The van der Waals surface area contributed by atoms with E-state index in [1.54, 1.807) is 0 Å². The smallest absolute Gasteiger partial charge is 0.425 e. The molecule has 1 aliphatic heterocycles. The van der Waals surface area contributed by atoms with Gasteiger partial charge in [0.1, 0.15) is 23.5 Å². The molecular formula is C19H25ClN6O9S. The highest BCUT2D eigenvalue weighted by Gasteiger charge is 2.52. The first-order valence-electron chi connectivity index (χ1n) is 10.4. The molecule has 1 unspecified atom stereocenters. The van der Waals surface area contributed by atoms with Gasteiger partial charge in [0, 0.05) is 13.8 Å². The summed E-state index contributed by atoms with van der Waals surface area (Å²) in [4.78, 5) is 48.6. The van der Waals surface area contributed by atoms with Gasteiger partial charge in [-0.25, -0.2) is 24.9 Å². The number of imidazole rings is 1. The summed E-state index contributed by atoms with van der Waals surface area (Å²) >= 11 is 6.07. The summed E-state index contributed by atoms with van der Waals surface area (Å²) in [6.07, 6.45) is -4.06. The number of esters is 2. The molecule has 1 aliphatic rings. The number of fused-ring (bicyclic) bond motifs is 1. The molecule has 1 fully saturated rings. The highest BCUT2D eigenvalue weighted by molar-refractivity contribution is 7.87. The van der Waals surface area contributed by atoms with E-state index in [-0.39, 0.29) is 20.6 Å². The molecule has 17 heteroatoms. The molecule has 4 atom stereocenters. The third-order valence-electron chi connectivity index (χ3n) is 4.73. The minimum atomic E-state index is -4.65. The van der Waals surface area contributed by atoms with Gasteiger partial charge in [-0.3, -0.25) is 14.2 Å². The number of carbonyl (C=O) groups is 3. The molecule has 0 saturated carbocycles. The first-order chi connectivity index (χ1) is 16.6. The number of hydrogen-bond donors (Lipinski definition) is 1.